The van der Waals surface area contributed by atoms with E-state index < -0.39 is 6.04 Å². The lowest BCUT2D eigenvalue weighted by Crippen LogP contribution is -2.45. The van der Waals surface area contributed by atoms with Gasteiger partial charge in [-0.1, -0.05) is 35.0 Å². The van der Waals surface area contributed by atoms with Gasteiger partial charge in [-0.05, 0) is 36.6 Å². The molecule has 148 valence electrons. The van der Waals surface area contributed by atoms with Crippen molar-refractivity contribution in [3.8, 4) is 11.3 Å². The number of carbonyl (C=O) groups is 2. The van der Waals surface area contributed by atoms with Gasteiger partial charge in [-0.3, -0.25) is 14.6 Å². The zero-order chi connectivity index (χ0) is 20.2. The molecular formula is C21H19ClN4O3. The second kappa shape index (κ2) is 8.45. The molecule has 1 atom stereocenters. The Kier molecular flexibility index (Phi) is 5.57. The predicted molar refractivity (Wildman–Crippen MR) is 107 cm³/mol. The van der Waals surface area contributed by atoms with Crippen LogP contribution in [0.15, 0.2) is 59.4 Å². The predicted octanol–water partition coefficient (Wildman–Crippen LogP) is 3.31. The smallest absolute Gasteiger partial charge is 0.276 e. The number of aromatic nitrogens is 2. The second-order valence-corrected chi connectivity index (χ2v) is 7.20. The molecule has 0 aliphatic carbocycles. The first kappa shape index (κ1) is 19.1. The van der Waals surface area contributed by atoms with E-state index in [0.717, 1.165) is 12.0 Å². The Morgan fingerprint density at radius 2 is 2.10 bits per heavy atom. The van der Waals surface area contributed by atoms with E-state index in [4.69, 9.17) is 16.1 Å². The Bertz CT molecular complexity index is 1020. The van der Waals surface area contributed by atoms with Gasteiger partial charge in [0, 0.05) is 37.1 Å². The molecule has 2 aromatic heterocycles. The number of rotatable bonds is 5. The van der Waals surface area contributed by atoms with Crippen LogP contribution in [0.5, 0.6) is 0 Å². The molecule has 7 nitrogen and oxygen atoms in total. The number of likely N-dealkylation sites (tertiary alicyclic amines) is 1. The molecule has 1 N–H and O–H groups in total. The van der Waals surface area contributed by atoms with Crippen molar-refractivity contribution in [2.75, 3.05) is 6.54 Å². The lowest BCUT2D eigenvalue weighted by molar-refractivity contribution is -0.125. The molecule has 1 saturated heterocycles. The quantitative estimate of drug-likeness (QED) is 0.697. The number of halogens is 1. The van der Waals surface area contributed by atoms with Crippen LogP contribution in [-0.2, 0) is 11.3 Å². The number of nitrogens with one attached hydrogen (secondary N) is 1. The monoisotopic (exact) mass is 410 g/mol. The molecule has 1 aliphatic rings. The summed E-state index contributed by atoms with van der Waals surface area (Å²) in [5, 5.41) is 7.29. The highest BCUT2D eigenvalue weighted by atomic mass is 35.5. The molecule has 1 aliphatic heterocycles. The largest absolute Gasteiger partial charge is 0.355 e. The van der Waals surface area contributed by atoms with Gasteiger partial charge in [0.05, 0.1) is 5.02 Å². The summed E-state index contributed by atoms with van der Waals surface area (Å²) in [5.41, 5.74) is 1.72. The Hall–Kier alpha value is -3.19. The zero-order valence-corrected chi connectivity index (χ0v) is 16.3. The van der Waals surface area contributed by atoms with Crippen molar-refractivity contribution in [2.24, 2.45) is 0 Å². The number of hydrogen-bond donors (Lipinski definition) is 1. The average molecular weight is 411 g/mol. The summed E-state index contributed by atoms with van der Waals surface area (Å²) >= 11 is 6.18. The van der Waals surface area contributed by atoms with Crippen LogP contribution >= 0.6 is 11.6 Å². The highest BCUT2D eigenvalue weighted by molar-refractivity contribution is 6.33. The van der Waals surface area contributed by atoms with Crippen LogP contribution in [0.25, 0.3) is 11.3 Å². The van der Waals surface area contributed by atoms with Crippen molar-refractivity contribution in [3.05, 3.63) is 71.1 Å². The van der Waals surface area contributed by atoms with Crippen molar-refractivity contribution < 1.29 is 14.1 Å². The van der Waals surface area contributed by atoms with E-state index in [1.165, 1.54) is 0 Å². The molecule has 1 aromatic carbocycles. The number of nitrogens with zero attached hydrogens (tertiary/aromatic N) is 3. The van der Waals surface area contributed by atoms with Crippen LogP contribution < -0.4 is 5.32 Å². The van der Waals surface area contributed by atoms with Crippen molar-refractivity contribution in [3.63, 3.8) is 0 Å². The SMILES string of the molecule is O=C(NCc1cccnc1)[C@@H]1CCCN1C(=O)c1cc(-c2ccccc2Cl)on1. The fourth-order valence-electron chi connectivity index (χ4n) is 3.40. The maximum Gasteiger partial charge on any atom is 0.276 e. The van der Waals surface area contributed by atoms with Crippen LogP contribution in [0.1, 0.15) is 28.9 Å². The lowest BCUT2D eigenvalue weighted by atomic mass is 10.1. The molecule has 3 aromatic rings. The first-order valence-electron chi connectivity index (χ1n) is 9.32. The summed E-state index contributed by atoms with van der Waals surface area (Å²) in [7, 11) is 0. The van der Waals surface area contributed by atoms with E-state index in [0.29, 0.717) is 35.9 Å². The van der Waals surface area contributed by atoms with Gasteiger partial charge >= 0.3 is 0 Å². The molecule has 2 amide bonds. The summed E-state index contributed by atoms with van der Waals surface area (Å²) in [6.45, 7) is 0.865. The van der Waals surface area contributed by atoms with Gasteiger partial charge in [0.15, 0.2) is 11.5 Å². The molecule has 0 spiro atoms. The average Bonchev–Trinajstić information content (AvgIpc) is 3.43. The van der Waals surface area contributed by atoms with Gasteiger partial charge in [0.25, 0.3) is 5.91 Å². The normalized spacial score (nSPS) is 16.0. The maximum atomic E-state index is 12.9. The number of pyridine rings is 1. The number of hydrogen-bond acceptors (Lipinski definition) is 5. The van der Waals surface area contributed by atoms with Crippen molar-refractivity contribution in [1.82, 2.24) is 20.4 Å². The third-order valence-corrected chi connectivity index (χ3v) is 5.20. The second-order valence-electron chi connectivity index (χ2n) is 6.79. The molecular weight excluding hydrogens is 392 g/mol. The van der Waals surface area contributed by atoms with Crippen molar-refractivity contribution >= 4 is 23.4 Å². The van der Waals surface area contributed by atoms with Gasteiger partial charge in [-0.25, -0.2) is 0 Å². The van der Waals surface area contributed by atoms with E-state index in [1.54, 1.807) is 35.5 Å². The Morgan fingerprint density at radius 1 is 1.24 bits per heavy atom. The lowest BCUT2D eigenvalue weighted by Gasteiger charge is -2.22. The number of benzene rings is 1. The molecule has 0 bridgehead atoms. The molecule has 8 heteroatoms. The van der Waals surface area contributed by atoms with Crippen LogP contribution in [0, 0.1) is 0 Å². The highest BCUT2D eigenvalue weighted by Crippen LogP contribution is 2.29. The van der Waals surface area contributed by atoms with Gasteiger partial charge in [-0.15, -0.1) is 0 Å². The maximum absolute atomic E-state index is 12.9. The standard InChI is InChI=1S/C21H19ClN4O3/c22-16-7-2-1-6-15(16)19-11-17(25-29-19)21(28)26-10-4-8-18(26)20(27)24-13-14-5-3-9-23-12-14/h1-3,5-7,9,11-12,18H,4,8,10,13H2,(H,24,27)/t18-/m0/s1. The van der Waals surface area contributed by atoms with Gasteiger partial charge in [0.2, 0.25) is 5.91 Å². The Balaban J connectivity index is 1.45. The van der Waals surface area contributed by atoms with Crippen LogP contribution in [0.4, 0.5) is 0 Å². The third kappa shape index (κ3) is 4.14. The van der Waals surface area contributed by atoms with Crippen LogP contribution in [-0.4, -0.2) is 39.4 Å². The zero-order valence-electron chi connectivity index (χ0n) is 15.5. The van der Waals surface area contributed by atoms with Gasteiger partial charge in [0.1, 0.15) is 6.04 Å². The topological polar surface area (TPSA) is 88.3 Å². The minimum Gasteiger partial charge on any atom is -0.355 e. The molecule has 4 rings (SSSR count). The molecule has 3 heterocycles. The Morgan fingerprint density at radius 3 is 2.90 bits per heavy atom. The molecule has 0 radical (unpaired) electrons. The fourth-order valence-corrected chi connectivity index (χ4v) is 3.63. The fraction of sp³-hybridized carbons (Fsp3) is 0.238. The van der Waals surface area contributed by atoms with E-state index >= 15 is 0 Å². The first-order chi connectivity index (χ1) is 14.1. The van der Waals surface area contributed by atoms with Crippen molar-refractivity contribution in [2.45, 2.75) is 25.4 Å². The summed E-state index contributed by atoms with van der Waals surface area (Å²) in [6, 6.07) is 11.9. The summed E-state index contributed by atoms with van der Waals surface area (Å²) < 4.78 is 5.32. The van der Waals surface area contributed by atoms with Crippen molar-refractivity contribution in [1.29, 1.82) is 0 Å². The summed E-state index contributed by atoms with van der Waals surface area (Å²) in [6.07, 6.45) is 4.74. The number of amides is 2. The summed E-state index contributed by atoms with van der Waals surface area (Å²) in [5.74, 6) is -0.101. The van der Waals surface area contributed by atoms with Crippen LogP contribution in [0.2, 0.25) is 5.02 Å². The first-order valence-corrected chi connectivity index (χ1v) is 9.70. The Labute approximate surface area is 172 Å². The van der Waals surface area contributed by atoms with E-state index in [-0.39, 0.29) is 17.5 Å². The molecule has 1 fully saturated rings. The van der Waals surface area contributed by atoms with E-state index in [1.807, 2.05) is 24.3 Å². The summed E-state index contributed by atoms with van der Waals surface area (Å²) in [4.78, 5) is 31.2. The van der Waals surface area contributed by atoms with Gasteiger partial charge in [-0.2, -0.15) is 0 Å². The molecule has 29 heavy (non-hydrogen) atoms. The van der Waals surface area contributed by atoms with Crippen LogP contribution in [0.3, 0.4) is 0 Å². The minimum atomic E-state index is -0.528. The molecule has 0 saturated carbocycles. The number of carbonyl (C=O) groups excluding carboxylic acids is 2. The van der Waals surface area contributed by atoms with Gasteiger partial charge < -0.3 is 14.7 Å². The van der Waals surface area contributed by atoms with E-state index in [2.05, 4.69) is 15.5 Å². The highest BCUT2D eigenvalue weighted by Gasteiger charge is 2.35. The third-order valence-electron chi connectivity index (χ3n) is 4.87. The van der Waals surface area contributed by atoms with E-state index in [9.17, 15) is 9.59 Å². The minimum absolute atomic E-state index is 0.159. The molecule has 0 unspecified atom stereocenters.